The molecule has 0 fully saturated rings. The summed E-state index contributed by atoms with van der Waals surface area (Å²) in [6.45, 7) is 3.63. The van der Waals surface area contributed by atoms with Crippen LogP contribution in [0, 0.1) is 11.8 Å². The molecule has 112 valence electrons. The molecule has 0 radical (unpaired) electrons. The van der Waals surface area contributed by atoms with E-state index in [1.807, 2.05) is 19.8 Å². The molecular weight excluding hydrogens is 305 g/mol. The number of hydrogen-bond donors (Lipinski definition) is 0. The Morgan fingerprint density at radius 1 is 1.29 bits per heavy atom. The van der Waals surface area contributed by atoms with Crippen molar-refractivity contribution >= 4 is 22.5 Å². The molecule has 2 aromatic heterocycles. The van der Waals surface area contributed by atoms with Gasteiger partial charge in [0.05, 0.1) is 6.20 Å². The standard InChI is InChI=1S/C12H6ClF3N2O.C2H6/c13-11-10-8(2-4-17-11)6-9(7-18-10)19-5-1-3-12(14,15)16;1-2/h2,4,6-7H,5H2;1-2H3. The molecule has 2 rings (SSSR count). The number of fused-ring (bicyclic) bond motifs is 1. The molecule has 0 aromatic carbocycles. The maximum absolute atomic E-state index is 11.8. The van der Waals surface area contributed by atoms with Crippen LogP contribution in [-0.2, 0) is 0 Å². The summed E-state index contributed by atoms with van der Waals surface area (Å²) < 4.78 is 40.4. The zero-order valence-electron chi connectivity index (χ0n) is 11.3. The van der Waals surface area contributed by atoms with Crippen molar-refractivity contribution in [2.45, 2.75) is 20.0 Å². The fourth-order valence-corrected chi connectivity index (χ4v) is 1.55. The predicted octanol–water partition coefficient (Wildman–Crippen LogP) is 4.25. The fraction of sp³-hybridized carbons (Fsp3) is 0.286. The number of pyridine rings is 2. The molecule has 0 saturated carbocycles. The topological polar surface area (TPSA) is 35.0 Å². The summed E-state index contributed by atoms with van der Waals surface area (Å²) in [5, 5.41) is 0.933. The summed E-state index contributed by atoms with van der Waals surface area (Å²) in [6.07, 6.45) is -1.66. The summed E-state index contributed by atoms with van der Waals surface area (Å²) in [7, 11) is 0. The summed E-state index contributed by atoms with van der Waals surface area (Å²) in [4.78, 5) is 7.87. The van der Waals surface area contributed by atoms with Gasteiger partial charge in [-0.3, -0.25) is 0 Å². The van der Waals surface area contributed by atoms with Gasteiger partial charge in [0.25, 0.3) is 0 Å². The molecule has 2 aromatic rings. The molecule has 7 heteroatoms. The number of alkyl halides is 3. The molecule has 0 spiro atoms. The van der Waals surface area contributed by atoms with E-state index in [1.165, 1.54) is 12.4 Å². The second kappa shape index (κ2) is 7.70. The minimum Gasteiger partial charge on any atom is -0.479 e. The second-order valence-corrected chi connectivity index (χ2v) is 3.79. The van der Waals surface area contributed by atoms with Gasteiger partial charge in [-0.1, -0.05) is 31.4 Å². The Morgan fingerprint density at radius 2 is 2.00 bits per heavy atom. The first-order valence-corrected chi connectivity index (χ1v) is 6.43. The number of ether oxygens (including phenoxy) is 1. The van der Waals surface area contributed by atoms with Crippen LogP contribution >= 0.6 is 11.6 Å². The first kappa shape index (κ1) is 17.1. The van der Waals surface area contributed by atoms with E-state index in [4.69, 9.17) is 16.3 Å². The molecule has 2 heterocycles. The van der Waals surface area contributed by atoms with Crippen molar-refractivity contribution in [3.63, 3.8) is 0 Å². The van der Waals surface area contributed by atoms with Gasteiger partial charge in [-0.15, -0.1) is 0 Å². The third-order valence-corrected chi connectivity index (χ3v) is 2.35. The zero-order chi connectivity index (χ0) is 15.9. The summed E-state index contributed by atoms with van der Waals surface area (Å²) in [6, 6.07) is 3.27. The number of rotatable bonds is 2. The van der Waals surface area contributed by atoms with Crippen molar-refractivity contribution in [1.29, 1.82) is 0 Å². The Bertz CT molecular complexity index is 663. The number of aromatic nitrogens is 2. The fourth-order valence-electron chi connectivity index (χ4n) is 1.34. The minimum absolute atomic E-state index is 0.251. The third-order valence-electron chi connectivity index (χ3n) is 2.07. The van der Waals surface area contributed by atoms with Gasteiger partial charge < -0.3 is 4.74 Å². The van der Waals surface area contributed by atoms with E-state index in [0.717, 1.165) is 5.92 Å². The molecule has 0 aliphatic carbocycles. The van der Waals surface area contributed by atoms with E-state index in [9.17, 15) is 13.2 Å². The van der Waals surface area contributed by atoms with Crippen molar-refractivity contribution < 1.29 is 17.9 Å². The molecule has 0 amide bonds. The molecular formula is C14H12ClF3N2O. The summed E-state index contributed by atoms with van der Waals surface area (Å²) in [5.74, 6) is 3.29. The number of hydrogen-bond acceptors (Lipinski definition) is 3. The maximum Gasteiger partial charge on any atom is 0.457 e. The highest BCUT2D eigenvalue weighted by Gasteiger charge is 2.22. The zero-order valence-corrected chi connectivity index (χ0v) is 12.1. The number of halogens is 4. The Balaban J connectivity index is 0.00000106. The van der Waals surface area contributed by atoms with Crippen molar-refractivity contribution in [3.05, 3.63) is 29.7 Å². The van der Waals surface area contributed by atoms with Gasteiger partial charge >= 0.3 is 6.18 Å². The third kappa shape index (κ3) is 5.48. The Hall–Kier alpha value is -2.00. The lowest BCUT2D eigenvalue weighted by Crippen LogP contribution is -2.03. The molecule has 0 N–H and O–H groups in total. The lowest BCUT2D eigenvalue weighted by molar-refractivity contribution is -0.0698. The van der Waals surface area contributed by atoms with Crippen LogP contribution in [0.1, 0.15) is 13.8 Å². The minimum atomic E-state index is -4.51. The molecule has 0 saturated heterocycles. The van der Waals surface area contributed by atoms with E-state index in [0.29, 0.717) is 16.7 Å². The highest BCUT2D eigenvalue weighted by Crippen LogP contribution is 2.22. The van der Waals surface area contributed by atoms with Gasteiger partial charge in [-0.25, -0.2) is 9.97 Å². The average Bonchev–Trinajstić information content (AvgIpc) is 2.45. The van der Waals surface area contributed by atoms with Gasteiger partial charge in [0.15, 0.2) is 5.15 Å². The van der Waals surface area contributed by atoms with Crippen molar-refractivity contribution in [2.75, 3.05) is 6.61 Å². The lowest BCUT2D eigenvalue weighted by Gasteiger charge is -2.03. The monoisotopic (exact) mass is 316 g/mol. The van der Waals surface area contributed by atoms with Gasteiger partial charge in [-0.05, 0) is 12.1 Å². The van der Waals surface area contributed by atoms with Gasteiger partial charge in [-0.2, -0.15) is 13.2 Å². The van der Waals surface area contributed by atoms with Crippen LogP contribution in [0.5, 0.6) is 5.75 Å². The van der Waals surface area contributed by atoms with Crippen molar-refractivity contribution in [3.8, 4) is 17.6 Å². The van der Waals surface area contributed by atoms with Crippen LogP contribution in [0.3, 0.4) is 0 Å². The maximum atomic E-state index is 11.8. The largest absolute Gasteiger partial charge is 0.479 e. The molecule has 21 heavy (non-hydrogen) atoms. The van der Waals surface area contributed by atoms with E-state index in [2.05, 4.69) is 9.97 Å². The molecule has 0 aliphatic heterocycles. The Kier molecular flexibility index (Phi) is 6.25. The van der Waals surface area contributed by atoms with E-state index >= 15 is 0 Å². The summed E-state index contributed by atoms with van der Waals surface area (Å²) in [5.41, 5.74) is 0.498. The van der Waals surface area contributed by atoms with Crippen molar-refractivity contribution in [1.82, 2.24) is 9.97 Å². The Labute approximate surface area is 125 Å². The SMILES string of the molecule is CC.FC(F)(F)C#CCOc1cnc2c(Cl)nccc2c1. The normalized spacial score (nSPS) is 10.2. The smallest absolute Gasteiger partial charge is 0.457 e. The van der Waals surface area contributed by atoms with Crippen LogP contribution in [0.2, 0.25) is 5.15 Å². The van der Waals surface area contributed by atoms with Crippen LogP contribution in [-0.4, -0.2) is 22.8 Å². The Morgan fingerprint density at radius 3 is 2.67 bits per heavy atom. The first-order valence-electron chi connectivity index (χ1n) is 6.05. The molecule has 0 aliphatic rings. The lowest BCUT2D eigenvalue weighted by atomic mass is 10.2. The van der Waals surface area contributed by atoms with Crippen LogP contribution in [0.15, 0.2) is 24.5 Å². The molecule has 0 atom stereocenters. The molecule has 3 nitrogen and oxygen atoms in total. The summed E-state index contributed by atoms with van der Waals surface area (Å²) >= 11 is 5.82. The molecule has 0 unspecified atom stereocenters. The highest BCUT2D eigenvalue weighted by atomic mass is 35.5. The van der Waals surface area contributed by atoms with Crippen LogP contribution in [0.25, 0.3) is 10.9 Å². The van der Waals surface area contributed by atoms with Gasteiger partial charge in [0.1, 0.15) is 17.9 Å². The number of nitrogens with zero attached hydrogens (tertiary/aromatic N) is 2. The first-order chi connectivity index (χ1) is 9.96. The van der Waals surface area contributed by atoms with E-state index < -0.39 is 6.18 Å². The molecule has 0 bridgehead atoms. The van der Waals surface area contributed by atoms with Crippen LogP contribution < -0.4 is 4.74 Å². The van der Waals surface area contributed by atoms with E-state index in [-0.39, 0.29) is 11.8 Å². The van der Waals surface area contributed by atoms with Crippen LogP contribution in [0.4, 0.5) is 13.2 Å². The van der Waals surface area contributed by atoms with Crippen molar-refractivity contribution in [2.24, 2.45) is 0 Å². The van der Waals surface area contributed by atoms with Gasteiger partial charge in [0.2, 0.25) is 0 Å². The predicted molar refractivity (Wildman–Crippen MR) is 75.2 cm³/mol. The van der Waals surface area contributed by atoms with E-state index in [1.54, 1.807) is 12.1 Å². The average molecular weight is 317 g/mol. The highest BCUT2D eigenvalue weighted by molar-refractivity contribution is 6.33. The quantitative estimate of drug-likeness (QED) is 0.613. The second-order valence-electron chi connectivity index (χ2n) is 3.43. The van der Waals surface area contributed by atoms with Gasteiger partial charge in [0, 0.05) is 17.5 Å².